The molecule has 0 aromatic rings. The third-order valence-corrected chi connectivity index (χ3v) is 2.76. The lowest BCUT2D eigenvalue weighted by Crippen LogP contribution is -1.85. The fraction of sp³-hybridized carbons (Fsp3) is 1.00. The Bertz CT molecular complexity index is 84.3. The van der Waals surface area contributed by atoms with Crippen LogP contribution in [0.3, 0.4) is 0 Å². The first kappa shape index (κ1) is 14.0. The summed E-state index contributed by atoms with van der Waals surface area (Å²) in [4.78, 5) is 0. The van der Waals surface area contributed by atoms with Gasteiger partial charge in [0.2, 0.25) is 0 Å². The van der Waals surface area contributed by atoms with Crippen molar-refractivity contribution in [2.75, 3.05) is 6.61 Å². The van der Waals surface area contributed by atoms with Gasteiger partial charge in [0.15, 0.2) is 0 Å². The number of aliphatic hydroxyl groups excluding tert-OH is 1. The Morgan fingerprint density at radius 3 is 1.57 bits per heavy atom. The van der Waals surface area contributed by atoms with E-state index in [1.807, 2.05) is 0 Å². The van der Waals surface area contributed by atoms with Crippen molar-refractivity contribution < 1.29 is 5.11 Å². The van der Waals surface area contributed by atoms with Gasteiger partial charge in [-0.25, -0.2) is 0 Å². The monoisotopic (exact) mass is 198 g/mol. The van der Waals surface area contributed by atoms with Crippen LogP contribution in [0.4, 0.5) is 0 Å². The van der Waals surface area contributed by atoms with Gasteiger partial charge in [-0.2, -0.15) is 0 Å². The second-order valence-corrected chi connectivity index (χ2v) is 4.26. The maximum Gasteiger partial charge on any atom is 0.117 e. The smallest absolute Gasteiger partial charge is 0.117 e. The van der Waals surface area contributed by atoms with E-state index in [1.54, 1.807) is 0 Å². The Labute approximate surface area is 90.5 Å². The van der Waals surface area contributed by atoms with Gasteiger partial charge < -0.3 is 5.11 Å². The van der Waals surface area contributed by atoms with E-state index in [-0.39, 0.29) is 0 Å². The van der Waals surface area contributed by atoms with Gasteiger partial charge in [0.05, 0.1) is 0 Å². The summed E-state index contributed by atoms with van der Waals surface area (Å²) in [6.07, 6.45) is 13.4. The van der Waals surface area contributed by atoms with Crippen LogP contribution in [-0.2, 0) is 0 Å². The van der Waals surface area contributed by atoms with Gasteiger partial charge in [-0.05, 0) is 6.42 Å². The van der Waals surface area contributed by atoms with Crippen molar-refractivity contribution in [1.29, 1.82) is 0 Å². The van der Waals surface area contributed by atoms with Gasteiger partial charge in [-0.3, -0.25) is 0 Å². The lowest BCUT2D eigenvalue weighted by molar-refractivity contribution is 0.282. The maximum absolute atomic E-state index is 8.59. The van der Waals surface area contributed by atoms with Gasteiger partial charge in [0.1, 0.15) is 7.28 Å². The molecular formula is C12H27BO. The molecule has 0 aliphatic rings. The van der Waals surface area contributed by atoms with Gasteiger partial charge in [-0.1, -0.05) is 64.5 Å². The minimum absolute atomic E-state index is 0.372. The number of unbranched alkanes of at least 4 members (excludes halogenated alkanes) is 8. The zero-order valence-corrected chi connectivity index (χ0v) is 9.93. The quantitative estimate of drug-likeness (QED) is 0.398. The molecule has 0 aliphatic heterocycles. The third-order valence-electron chi connectivity index (χ3n) is 2.76. The van der Waals surface area contributed by atoms with Crippen LogP contribution >= 0.6 is 0 Å². The third kappa shape index (κ3) is 12.0. The lowest BCUT2D eigenvalue weighted by Gasteiger charge is -2.01. The van der Waals surface area contributed by atoms with E-state index in [9.17, 15) is 0 Å². The van der Waals surface area contributed by atoms with Crippen molar-refractivity contribution in [3.63, 3.8) is 0 Å². The molecule has 0 aromatic carbocycles. The van der Waals surface area contributed by atoms with Crippen LogP contribution < -0.4 is 0 Å². The summed E-state index contributed by atoms with van der Waals surface area (Å²) in [6.45, 7) is 2.64. The molecule has 0 aromatic heterocycles. The van der Waals surface area contributed by atoms with E-state index >= 15 is 0 Å². The van der Waals surface area contributed by atoms with Crippen molar-refractivity contribution in [2.45, 2.75) is 70.9 Å². The molecule has 1 nitrogen and oxygen atoms in total. The fourth-order valence-corrected chi connectivity index (χ4v) is 1.78. The zero-order chi connectivity index (χ0) is 10.5. The predicted molar refractivity (Wildman–Crippen MR) is 66.5 cm³/mol. The summed E-state index contributed by atoms with van der Waals surface area (Å²) in [5, 5.41) is 8.59. The molecule has 2 heteroatoms. The van der Waals surface area contributed by atoms with E-state index in [4.69, 9.17) is 5.11 Å². The second kappa shape index (κ2) is 13.0. The van der Waals surface area contributed by atoms with Crippen LogP contribution in [0.25, 0.3) is 0 Å². The first-order valence-corrected chi connectivity index (χ1v) is 6.52. The van der Waals surface area contributed by atoms with Crippen LogP contribution in [0.15, 0.2) is 0 Å². The Kier molecular flexibility index (Phi) is 13.0. The molecular weight excluding hydrogens is 171 g/mol. The Balaban J connectivity index is 2.78. The van der Waals surface area contributed by atoms with E-state index in [2.05, 4.69) is 6.82 Å². The van der Waals surface area contributed by atoms with Crippen molar-refractivity contribution >= 4 is 7.28 Å². The second-order valence-electron chi connectivity index (χ2n) is 4.26. The molecule has 0 aliphatic carbocycles. The largest absolute Gasteiger partial charge is 0.396 e. The van der Waals surface area contributed by atoms with Crippen LogP contribution in [0.5, 0.6) is 0 Å². The van der Waals surface area contributed by atoms with Crippen LogP contribution in [0, 0.1) is 0 Å². The molecule has 0 amide bonds. The highest BCUT2D eigenvalue weighted by Crippen LogP contribution is 2.10. The first-order valence-electron chi connectivity index (χ1n) is 6.52. The standard InChI is InChI=1S/C12H27BO/c1-13-11-9-7-5-3-2-4-6-8-10-12-14/h13-14H,2-12H2,1H3. The molecule has 0 bridgehead atoms. The highest BCUT2D eigenvalue weighted by Gasteiger charge is 1.92. The van der Waals surface area contributed by atoms with Crippen molar-refractivity contribution in [2.24, 2.45) is 0 Å². The number of hydrogen-bond donors (Lipinski definition) is 1. The Morgan fingerprint density at radius 1 is 0.714 bits per heavy atom. The minimum Gasteiger partial charge on any atom is -0.396 e. The predicted octanol–water partition coefficient (Wildman–Crippen LogP) is 3.39. The topological polar surface area (TPSA) is 20.2 Å². The summed E-state index contributed by atoms with van der Waals surface area (Å²) in [6, 6.07) is 0. The van der Waals surface area contributed by atoms with Crippen molar-refractivity contribution in [3.8, 4) is 0 Å². The average molecular weight is 198 g/mol. The number of aliphatic hydroxyl groups is 1. The van der Waals surface area contributed by atoms with Crippen molar-refractivity contribution in [3.05, 3.63) is 0 Å². The molecule has 0 rings (SSSR count). The van der Waals surface area contributed by atoms with E-state index in [1.165, 1.54) is 65.0 Å². The Morgan fingerprint density at radius 2 is 1.14 bits per heavy atom. The molecule has 0 spiro atoms. The summed E-state index contributed by atoms with van der Waals surface area (Å²) < 4.78 is 0. The fourth-order valence-electron chi connectivity index (χ4n) is 1.78. The molecule has 0 heterocycles. The zero-order valence-electron chi connectivity index (χ0n) is 9.93. The van der Waals surface area contributed by atoms with Gasteiger partial charge in [-0.15, -0.1) is 0 Å². The number of rotatable bonds is 11. The summed E-state index contributed by atoms with van der Waals surface area (Å²) in [5.74, 6) is 0. The summed E-state index contributed by atoms with van der Waals surface area (Å²) in [7, 11) is 1.35. The van der Waals surface area contributed by atoms with E-state index in [0.717, 1.165) is 6.42 Å². The van der Waals surface area contributed by atoms with Gasteiger partial charge >= 0.3 is 0 Å². The minimum atomic E-state index is 0.372. The summed E-state index contributed by atoms with van der Waals surface area (Å²) >= 11 is 0. The van der Waals surface area contributed by atoms with Crippen LogP contribution in [0.1, 0.15) is 57.8 Å². The Hall–Kier alpha value is 0.0249. The van der Waals surface area contributed by atoms with Gasteiger partial charge in [0.25, 0.3) is 0 Å². The highest BCUT2D eigenvalue weighted by atomic mass is 16.2. The molecule has 0 radical (unpaired) electrons. The molecule has 0 fully saturated rings. The van der Waals surface area contributed by atoms with Crippen LogP contribution in [-0.4, -0.2) is 19.0 Å². The SMILES string of the molecule is CBCCCCCCCCCCCO. The normalized spacial score (nSPS) is 10.4. The van der Waals surface area contributed by atoms with E-state index in [0.29, 0.717) is 6.61 Å². The molecule has 0 saturated carbocycles. The van der Waals surface area contributed by atoms with Crippen molar-refractivity contribution in [1.82, 2.24) is 0 Å². The molecule has 0 atom stereocenters. The lowest BCUT2D eigenvalue weighted by atomic mass is 9.76. The molecule has 84 valence electrons. The molecule has 0 unspecified atom stereocenters. The molecule has 14 heavy (non-hydrogen) atoms. The number of hydrogen-bond acceptors (Lipinski definition) is 1. The van der Waals surface area contributed by atoms with E-state index < -0.39 is 0 Å². The first-order chi connectivity index (χ1) is 6.91. The molecule has 1 N–H and O–H groups in total. The highest BCUT2D eigenvalue weighted by molar-refractivity contribution is 6.33. The summed E-state index contributed by atoms with van der Waals surface area (Å²) in [5.41, 5.74) is 0. The average Bonchev–Trinajstić information content (AvgIpc) is 2.21. The van der Waals surface area contributed by atoms with Gasteiger partial charge in [0, 0.05) is 6.61 Å². The maximum atomic E-state index is 8.59. The molecule has 0 saturated heterocycles. The van der Waals surface area contributed by atoms with Crippen LogP contribution in [0.2, 0.25) is 13.1 Å².